The van der Waals surface area contributed by atoms with Crippen molar-refractivity contribution < 1.29 is 9.53 Å². The molecule has 1 aromatic carbocycles. The van der Waals surface area contributed by atoms with Crippen molar-refractivity contribution in [3.8, 4) is 5.75 Å². The highest BCUT2D eigenvalue weighted by Crippen LogP contribution is 2.39. The number of carbonyl (C=O) groups is 1. The molecule has 1 aromatic rings. The fraction of sp³-hybridized carbons (Fsp3) is 0.579. The number of guanidine groups is 1. The Morgan fingerprint density at radius 2 is 1.92 bits per heavy atom. The van der Waals surface area contributed by atoms with Gasteiger partial charge in [-0.3, -0.25) is 9.79 Å². The Balaban J connectivity index is 0.00000338. The lowest BCUT2D eigenvalue weighted by Gasteiger charge is -2.38. The smallest absolute Gasteiger partial charge is 0.222 e. The second kappa shape index (κ2) is 9.99. The standard InChI is InChI=1S/C19H30N4O2.HI/c1-13(2)17(24)21-10-11-22-18(20-5)23-15-12-19(3,4)25-16-9-7-6-8-14(15)16;/h6-9,13,15H,10-12H2,1-5H3,(H,21,24)(H2,20,22,23);1H. The number of para-hydroxylation sites is 1. The molecule has 1 aliphatic heterocycles. The average Bonchev–Trinajstić information content (AvgIpc) is 2.56. The summed E-state index contributed by atoms with van der Waals surface area (Å²) in [5.74, 6) is 1.69. The second-order valence-electron chi connectivity index (χ2n) is 7.25. The van der Waals surface area contributed by atoms with Crippen LogP contribution in [0.1, 0.15) is 45.7 Å². The van der Waals surface area contributed by atoms with Gasteiger partial charge in [0.15, 0.2) is 5.96 Å². The van der Waals surface area contributed by atoms with Gasteiger partial charge in [0.2, 0.25) is 5.91 Å². The summed E-state index contributed by atoms with van der Waals surface area (Å²) >= 11 is 0. The summed E-state index contributed by atoms with van der Waals surface area (Å²) < 4.78 is 6.06. The molecule has 0 fully saturated rings. The maximum atomic E-state index is 11.6. The van der Waals surface area contributed by atoms with Crippen LogP contribution in [0.5, 0.6) is 5.75 Å². The van der Waals surface area contributed by atoms with Crippen molar-refractivity contribution >= 4 is 35.8 Å². The Morgan fingerprint density at radius 1 is 1.27 bits per heavy atom. The van der Waals surface area contributed by atoms with Gasteiger partial charge < -0.3 is 20.7 Å². The maximum absolute atomic E-state index is 11.6. The van der Waals surface area contributed by atoms with E-state index in [-0.39, 0.29) is 47.4 Å². The number of ether oxygens (including phenoxy) is 1. The van der Waals surface area contributed by atoms with Crippen LogP contribution in [0.25, 0.3) is 0 Å². The van der Waals surface area contributed by atoms with Crippen LogP contribution in [0.4, 0.5) is 0 Å². The molecule has 1 heterocycles. The maximum Gasteiger partial charge on any atom is 0.222 e. The zero-order valence-electron chi connectivity index (χ0n) is 16.3. The van der Waals surface area contributed by atoms with Crippen LogP contribution in [-0.4, -0.2) is 37.6 Å². The molecule has 0 saturated carbocycles. The van der Waals surface area contributed by atoms with Crippen LogP contribution < -0.4 is 20.7 Å². The van der Waals surface area contributed by atoms with E-state index in [1.807, 2.05) is 32.0 Å². The van der Waals surface area contributed by atoms with Gasteiger partial charge in [0.1, 0.15) is 11.4 Å². The molecule has 146 valence electrons. The van der Waals surface area contributed by atoms with Crippen molar-refractivity contribution in [3.05, 3.63) is 29.8 Å². The first-order valence-electron chi connectivity index (χ1n) is 8.85. The third-order valence-corrected chi connectivity index (χ3v) is 4.15. The summed E-state index contributed by atoms with van der Waals surface area (Å²) in [7, 11) is 1.75. The number of rotatable bonds is 5. The monoisotopic (exact) mass is 474 g/mol. The lowest BCUT2D eigenvalue weighted by molar-refractivity contribution is -0.123. The van der Waals surface area contributed by atoms with E-state index in [4.69, 9.17) is 4.74 Å². The number of aliphatic imine (C=N–C) groups is 1. The summed E-state index contributed by atoms with van der Waals surface area (Å²) in [5.41, 5.74) is 0.897. The van der Waals surface area contributed by atoms with Gasteiger partial charge in [-0.2, -0.15) is 0 Å². The minimum Gasteiger partial charge on any atom is -0.487 e. The van der Waals surface area contributed by atoms with Crippen LogP contribution in [0.2, 0.25) is 0 Å². The highest BCUT2D eigenvalue weighted by molar-refractivity contribution is 14.0. The highest BCUT2D eigenvalue weighted by Gasteiger charge is 2.33. The first-order chi connectivity index (χ1) is 11.8. The van der Waals surface area contributed by atoms with E-state index >= 15 is 0 Å². The summed E-state index contributed by atoms with van der Waals surface area (Å²) in [6, 6.07) is 8.21. The van der Waals surface area contributed by atoms with Crippen LogP contribution >= 0.6 is 24.0 Å². The minimum atomic E-state index is -0.240. The number of amides is 1. The number of nitrogens with zero attached hydrogens (tertiary/aromatic N) is 1. The molecule has 0 aromatic heterocycles. The third-order valence-electron chi connectivity index (χ3n) is 4.15. The number of carbonyl (C=O) groups excluding carboxylic acids is 1. The molecule has 0 aliphatic carbocycles. The zero-order chi connectivity index (χ0) is 18.4. The first-order valence-corrected chi connectivity index (χ1v) is 8.85. The Kier molecular flexibility index (Phi) is 8.66. The van der Waals surface area contributed by atoms with Gasteiger partial charge in [-0.1, -0.05) is 32.0 Å². The Bertz CT molecular complexity index is 632. The number of hydrogen-bond donors (Lipinski definition) is 3. The van der Waals surface area contributed by atoms with Crippen molar-refractivity contribution in [2.45, 2.75) is 45.8 Å². The van der Waals surface area contributed by atoms with Gasteiger partial charge in [-0.15, -0.1) is 24.0 Å². The van der Waals surface area contributed by atoms with Gasteiger partial charge in [-0.05, 0) is 19.9 Å². The number of fused-ring (bicyclic) bond motifs is 1. The number of hydrogen-bond acceptors (Lipinski definition) is 3. The van der Waals surface area contributed by atoms with Crippen LogP contribution in [0.3, 0.4) is 0 Å². The Labute approximate surface area is 173 Å². The van der Waals surface area contributed by atoms with Crippen molar-refractivity contribution in [1.82, 2.24) is 16.0 Å². The normalized spacial score (nSPS) is 18.2. The summed E-state index contributed by atoms with van der Waals surface area (Å²) in [5, 5.41) is 9.62. The van der Waals surface area contributed by atoms with Gasteiger partial charge in [0.25, 0.3) is 0 Å². The molecule has 0 radical (unpaired) electrons. The molecule has 3 N–H and O–H groups in total. The van der Waals surface area contributed by atoms with Crippen molar-refractivity contribution in [3.63, 3.8) is 0 Å². The predicted molar refractivity (Wildman–Crippen MR) is 116 cm³/mol. The number of nitrogens with one attached hydrogen (secondary N) is 3. The van der Waals surface area contributed by atoms with Gasteiger partial charge in [0, 0.05) is 38.0 Å². The molecule has 1 aliphatic rings. The minimum absolute atomic E-state index is 0. The van der Waals surface area contributed by atoms with Crippen molar-refractivity contribution in [2.24, 2.45) is 10.9 Å². The van der Waals surface area contributed by atoms with Crippen molar-refractivity contribution in [1.29, 1.82) is 0 Å². The SMILES string of the molecule is CN=C(NCCNC(=O)C(C)C)NC1CC(C)(C)Oc2ccccc21.I. The third kappa shape index (κ3) is 6.34. The molecule has 26 heavy (non-hydrogen) atoms. The topological polar surface area (TPSA) is 74.8 Å². The molecule has 1 unspecified atom stereocenters. The lowest BCUT2D eigenvalue weighted by Crippen LogP contribution is -2.46. The van der Waals surface area contributed by atoms with Crippen LogP contribution in [0.15, 0.2) is 29.3 Å². The van der Waals surface area contributed by atoms with Gasteiger partial charge >= 0.3 is 0 Å². The molecular weight excluding hydrogens is 443 g/mol. The molecule has 0 bridgehead atoms. The zero-order valence-corrected chi connectivity index (χ0v) is 18.6. The van der Waals surface area contributed by atoms with Crippen LogP contribution in [0, 0.1) is 5.92 Å². The number of halogens is 1. The largest absolute Gasteiger partial charge is 0.487 e. The van der Waals surface area contributed by atoms with E-state index in [1.165, 1.54) is 0 Å². The van der Waals surface area contributed by atoms with E-state index in [0.29, 0.717) is 13.1 Å². The number of benzene rings is 1. The summed E-state index contributed by atoms with van der Waals surface area (Å²) in [4.78, 5) is 15.9. The predicted octanol–water partition coefficient (Wildman–Crippen LogP) is 2.84. The van der Waals surface area contributed by atoms with E-state index in [0.717, 1.165) is 23.7 Å². The van der Waals surface area contributed by atoms with E-state index in [1.54, 1.807) is 7.05 Å². The fourth-order valence-electron chi connectivity index (χ4n) is 2.86. The molecule has 0 saturated heterocycles. The lowest BCUT2D eigenvalue weighted by atomic mass is 9.90. The van der Waals surface area contributed by atoms with E-state index < -0.39 is 0 Å². The highest BCUT2D eigenvalue weighted by atomic mass is 127. The fourth-order valence-corrected chi connectivity index (χ4v) is 2.86. The van der Waals surface area contributed by atoms with Gasteiger partial charge in [0.05, 0.1) is 6.04 Å². The Hall–Kier alpha value is -1.51. The van der Waals surface area contributed by atoms with E-state index in [9.17, 15) is 4.79 Å². The molecule has 0 spiro atoms. The molecule has 2 rings (SSSR count). The molecule has 1 atom stereocenters. The first kappa shape index (κ1) is 22.5. The van der Waals surface area contributed by atoms with Crippen molar-refractivity contribution in [2.75, 3.05) is 20.1 Å². The average molecular weight is 474 g/mol. The van der Waals surface area contributed by atoms with Crippen LogP contribution in [-0.2, 0) is 4.79 Å². The molecule has 6 nitrogen and oxygen atoms in total. The molecule has 1 amide bonds. The molecule has 7 heteroatoms. The molecular formula is C19H31IN4O2. The van der Waals surface area contributed by atoms with Gasteiger partial charge in [-0.25, -0.2) is 0 Å². The summed E-state index contributed by atoms with van der Waals surface area (Å²) in [6.45, 7) is 9.13. The summed E-state index contributed by atoms with van der Waals surface area (Å²) in [6.07, 6.45) is 0.842. The second-order valence-corrected chi connectivity index (χ2v) is 7.25. The quantitative estimate of drug-likeness (QED) is 0.266. The Morgan fingerprint density at radius 3 is 2.58 bits per heavy atom. The van der Waals surface area contributed by atoms with E-state index in [2.05, 4.69) is 40.9 Å².